The lowest BCUT2D eigenvalue weighted by Crippen LogP contribution is -2.49. The van der Waals surface area contributed by atoms with Crippen molar-refractivity contribution in [1.82, 2.24) is 19.8 Å². The van der Waals surface area contributed by atoms with Crippen molar-refractivity contribution in [3.8, 4) is 0 Å². The van der Waals surface area contributed by atoms with Crippen molar-refractivity contribution < 1.29 is 9.53 Å². The number of nitrogens with zero attached hydrogens (tertiary/aromatic N) is 3. The Balaban J connectivity index is 1.64. The van der Waals surface area contributed by atoms with E-state index < -0.39 is 0 Å². The Labute approximate surface area is 130 Å². The summed E-state index contributed by atoms with van der Waals surface area (Å²) in [5, 5.41) is 0. The third-order valence-corrected chi connectivity index (χ3v) is 4.19. The van der Waals surface area contributed by atoms with Crippen molar-refractivity contribution in [2.75, 3.05) is 32.8 Å². The van der Waals surface area contributed by atoms with E-state index in [1.807, 2.05) is 31.2 Å². The zero-order valence-electron chi connectivity index (χ0n) is 13.1. The third kappa shape index (κ3) is 2.92. The van der Waals surface area contributed by atoms with Crippen LogP contribution in [0.5, 0.6) is 0 Å². The van der Waals surface area contributed by atoms with Crippen LogP contribution >= 0.6 is 0 Å². The number of hydrogen-bond acceptors (Lipinski definition) is 4. The summed E-state index contributed by atoms with van der Waals surface area (Å²) in [6.45, 7) is 7.46. The van der Waals surface area contributed by atoms with Crippen LogP contribution < -0.4 is 0 Å². The fourth-order valence-electron chi connectivity index (χ4n) is 2.85. The van der Waals surface area contributed by atoms with Crippen molar-refractivity contribution in [2.45, 2.75) is 19.9 Å². The number of imidazole rings is 1. The van der Waals surface area contributed by atoms with E-state index in [1.54, 1.807) is 4.90 Å². The van der Waals surface area contributed by atoms with E-state index in [2.05, 4.69) is 21.8 Å². The summed E-state index contributed by atoms with van der Waals surface area (Å²) < 4.78 is 5.05. The number of H-pyrrole nitrogens is 1. The molecule has 0 aliphatic carbocycles. The fourth-order valence-corrected chi connectivity index (χ4v) is 2.85. The Hall–Kier alpha value is -2.08. The molecule has 1 fully saturated rings. The Bertz CT molecular complexity index is 613. The number of piperazine rings is 1. The second kappa shape index (κ2) is 6.36. The number of benzene rings is 1. The van der Waals surface area contributed by atoms with Gasteiger partial charge in [0.25, 0.3) is 0 Å². The van der Waals surface area contributed by atoms with Gasteiger partial charge in [-0.25, -0.2) is 9.78 Å². The largest absolute Gasteiger partial charge is 0.450 e. The first-order valence-electron chi connectivity index (χ1n) is 7.79. The average Bonchev–Trinajstić information content (AvgIpc) is 2.98. The van der Waals surface area contributed by atoms with Gasteiger partial charge in [0, 0.05) is 26.2 Å². The summed E-state index contributed by atoms with van der Waals surface area (Å²) in [6, 6.07) is 8.26. The molecule has 6 nitrogen and oxygen atoms in total. The van der Waals surface area contributed by atoms with Crippen LogP contribution in [-0.2, 0) is 4.74 Å². The molecular formula is C16H22N4O2. The fraction of sp³-hybridized carbons (Fsp3) is 0.500. The van der Waals surface area contributed by atoms with Crippen LogP contribution in [0.25, 0.3) is 11.0 Å². The molecule has 22 heavy (non-hydrogen) atoms. The summed E-state index contributed by atoms with van der Waals surface area (Å²) in [6.07, 6.45) is -0.210. The second-order valence-corrected chi connectivity index (χ2v) is 5.54. The Morgan fingerprint density at radius 2 is 2.05 bits per heavy atom. The molecule has 0 radical (unpaired) electrons. The third-order valence-electron chi connectivity index (χ3n) is 4.19. The first kappa shape index (κ1) is 14.8. The van der Waals surface area contributed by atoms with Crippen molar-refractivity contribution in [3.63, 3.8) is 0 Å². The predicted octanol–water partition coefficient (Wildman–Crippen LogP) is 2.40. The standard InChI is InChI=1S/C16H22N4O2/c1-3-22-16(21)20-10-8-19(9-11-20)12(2)15-17-13-6-4-5-7-14(13)18-15/h4-7,12H,3,8-11H2,1-2H3,(H,17,18). The Morgan fingerprint density at radius 3 is 2.73 bits per heavy atom. The highest BCUT2D eigenvalue weighted by Gasteiger charge is 2.26. The van der Waals surface area contributed by atoms with E-state index in [1.165, 1.54) is 0 Å². The van der Waals surface area contributed by atoms with Crippen LogP contribution in [0.1, 0.15) is 25.7 Å². The minimum atomic E-state index is -0.210. The second-order valence-electron chi connectivity index (χ2n) is 5.54. The quantitative estimate of drug-likeness (QED) is 0.945. The highest BCUT2D eigenvalue weighted by molar-refractivity contribution is 5.74. The number of nitrogens with one attached hydrogen (secondary N) is 1. The van der Waals surface area contributed by atoms with E-state index >= 15 is 0 Å². The van der Waals surface area contributed by atoms with Gasteiger partial charge in [-0.15, -0.1) is 0 Å². The number of rotatable bonds is 3. The molecule has 0 bridgehead atoms. The van der Waals surface area contributed by atoms with E-state index in [9.17, 15) is 4.79 Å². The van der Waals surface area contributed by atoms with Crippen molar-refractivity contribution in [3.05, 3.63) is 30.1 Å². The van der Waals surface area contributed by atoms with Gasteiger partial charge in [0.2, 0.25) is 0 Å². The van der Waals surface area contributed by atoms with Crippen LogP contribution in [-0.4, -0.2) is 58.6 Å². The molecule has 2 aromatic rings. The lowest BCUT2D eigenvalue weighted by atomic mass is 10.2. The highest BCUT2D eigenvalue weighted by Crippen LogP contribution is 2.22. The molecule has 0 spiro atoms. The molecule has 1 N–H and O–H groups in total. The minimum absolute atomic E-state index is 0.205. The maximum atomic E-state index is 11.7. The van der Waals surface area contributed by atoms with Crippen molar-refractivity contribution in [1.29, 1.82) is 0 Å². The SMILES string of the molecule is CCOC(=O)N1CCN(C(C)c2nc3ccccc3[nH]2)CC1. The van der Waals surface area contributed by atoms with E-state index in [-0.39, 0.29) is 12.1 Å². The lowest BCUT2D eigenvalue weighted by Gasteiger charge is -2.36. The van der Waals surface area contributed by atoms with Gasteiger partial charge in [0.15, 0.2) is 0 Å². The van der Waals surface area contributed by atoms with Gasteiger partial charge in [-0.2, -0.15) is 0 Å². The van der Waals surface area contributed by atoms with Crippen LogP contribution in [0.3, 0.4) is 0 Å². The highest BCUT2D eigenvalue weighted by atomic mass is 16.6. The van der Waals surface area contributed by atoms with Gasteiger partial charge in [-0.3, -0.25) is 4.90 Å². The number of fused-ring (bicyclic) bond motifs is 1. The van der Waals surface area contributed by atoms with Crippen molar-refractivity contribution in [2.24, 2.45) is 0 Å². The van der Waals surface area contributed by atoms with Crippen LogP contribution in [0.15, 0.2) is 24.3 Å². The Kier molecular flexibility index (Phi) is 4.29. The molecule has 1 aliphatic rings. The molecule has 1 atom stereocenters. The summed E-state index contributed by atoms with van der Waals surface area (Å²) in [7, 11) is 0. The topological polar surface area (TPSA) is 61.5 Å². The predicted molar refractivity (Wildman–Crippen MR) is 84.7 cm³/mol. The number of aromatic nitrogens is 2. The number of ether oxygens (including phenoxy) is 1. The molecule has 1 aliphatic heterocycles. The molecular weight excluding hydrogens is 280 g/mol. The van der Waals surface area contributed by atoms with E-state index in [0.717, 1.165) is 29.9 Å². The summed E-state index contributed by atoms with van der Waals surface area (Å²) in [5.41, 5.74) is 2.06. The normalized spacial score (nSPS) is 17.6. The lowest BCUT2D eigenvalue weighted by molar-refractivity contribution is 0.0675. The molecule has 1 aromatic carbocycles. The molecule has 1 unspecified atom stereocenters. The molecule has 1 aromatic heterocycles. The molecule has 118 valence electrons. The van der Waals surface area contributed by atoms with Gasteiger partial charge < -0.3 is 14.6 Å². The van der Waals surface area contributed by atoms with E-state index in [0.29, 0.717) is 19.7 Å². The number of carbonyl (C=O) groups excluding carboxylic acids is 1. The molecule has 3 rings (SSSR count). The Morgan fingerprint density at radius 1 is 1.32 bits per heavy atom. The van der Waals surface area contributed by atoms with Gasteiger partial charge in [-0.1, -0.05) is 12.1 Å². The number of amides is 1. The van der Waals surface area contributed by atoms with Crippen LogP contribution in [0.4, 0.5) is 4.79 Å². The van der Waals surface area contributed by atoms with Crippen LogP contribution in [0.2, 0.25) is 0 Å². The first-order chi connectivity index (χ1) is 10.7. The van der Waals surface area contributed by atoms with Gasteiger partial charge in [0.1, 0.15) is 5.82 Å². The number of aromatic amines is 1. The molecule has 1 saturated heterocycles. The first-order valence-corrected chi connectivity index (χ1v) is 7.79. The van der Waals surface area contributed by atoms with Gasteiger partial charge >= 0.3 is 6.09 Å². The summed E-state index contributed by atoms with van der Waals surface area (Å²) >= 11 is 0. The zero-order valence-corrected chi connectivity index (χ0v) is 13.1. The van der Waals surface area contributed by atoms with Gasteiger partial charge in [-0.05, 0) is 26.0 Å². The molecule has 0 saturated carbocycles. The summed E-state index contributed by atoms with van der Waals surface area (Å²) in [5.74, 6) is 0.978. The molecule has 6 heteroatoms. The number of hydrogen-bond donors (Lipinski definition) is 1. The smallest absolute Gasteiger partial charge is 0.409 e. The number of para-hydroxylation sites is 2. The molecule has 2 heterocycles. The maximum Gasteiger partial charge on any atom is 0.409 e. The monoisotopic (exact) mass is 302 g/mol. The average molecular weight is 302 g/mol. The van der Waals surface area contributed by atoms with Gasteiger partial charge in [0.05, 0.1) is 23.7 Å². The maximum absolute atomic E-state index is 11.7. The number of carbonyl (C=O) groups is 1. The van der Waals surface area contributed by atoms with E-state index in [4.69, 9.17) is 4.74 Å². The zero-order chi connectivity index (χ0) is 15.5. The summed E-state index contributed by atoms with van der Waals surface area (Å²) in [4.78, 5) is 23.9. The van der Waals surface area contributed by atoms with Crippen molar-refractivity contribution >= 4 is 17.1 Å². The van der Waals surface area contributed by atoms with Crippen LogP contribution in [0, 0.1) is 0 Å². The minimum Gasteiger partial charge on any atom is -0.450 e. The molecule has 1 amide bonds.